The van der Waals surface area contributed by atoms with Crippen molar-refractivity contribution in [3.63, 3.8) is 0 Å². The molecule has 0 aliphatic carbocycles. The van der Waals surface area contributed by atoms with Crippen LogP contribution >= 0.6 is 12.4 Å². The summed E-state index contributed by atoms with van der Waals surface area (Å²) < 4.78 is 0. The minimum absolute atomic E-state index is 0. The summed E-state index contributed by atoms with van der Waals surface area (Å²) in [6.07, 6.45) is 0. The van der Waals surface area contributed by atoms with Gasteiger partial charge in [-0.05, 0) is 13.8 Å². The highest BCUT2D eigenvalue weighted by atomic mass is 35.5. The van der Waals surface area contributed by atoms with Crippen LogP contribution in [0, 0.1) is 0 Å². The third-order valence-corrected chi connectivity index (χ3v) is 0.920. The highest BCUT2D eigenvalue weighted by Gasteiger charge is 1.98. The molecule has 0 aliphatic rings. The van der Waals surface area contributed by atoms with Gasteiger partial charge in [0.2, 0.25) is 0 Å². The standard InChI is InChI=1S/C5H13NO.ClH/c1-4-6(7)5(2)3;/h5,7H,4H2,1-3H3;1H. The van der Waals surface area contributed by atoms with E-state index in [1.165, 1.54) is 5.06 Å². The number of hydrogen-bond donors (Lipinski definition) is 1. The molecule has 8 heavy (non-hydrogen) atoms. The quantitative estimate of drug-likeness (QED) is 0.587. The third-order valence-electron chi connectivity index (χ3n) is 0.920. The molecule has 1 N–H and O–H groups in total. The molecule has 0 aromatic carbocycles. The monoisotopic (exact) mass is 139 g/mol. The fourth-order valence-electron chi connectivity index (χ4n) is 0.365. The number of halogens is 1. The van der Waals surface area contributed by atoms with Gasteiger partial charge in [-0.1, -0.05) is 6.92 Å². The van der Waals surface area contributed by atoms with Crippen LogP contribution < -0.4 is 0 Å². The Morgan fingerprint density at radius 3 is 1.88 bits per heavy atom. The van der Waals surface area contributed by atoms with Crippen LogP contribution in [0.4, 0.5) is 0 Å². The molecule has 0 aromatic rings. The van der Waals surface area contributed by atoms with E-state index in [0.717, 1.165) is 0 Å². The SMILES string of the molecule is CCN(O)C(C)C.Cl. The summed E-state index contributed by atoms with van der Waals surface area (Å²) >= 11 is 0. The highest BCUT2D eigenvalue weighted by Crippen LogP contribution is 1.88. The molecule has 0 rings (SSSR count). The van der Waals surface area contributed by atoms with E-state index in [1.807, 2.05) is 20.8 Å². The molecule has 0 bridgehead atoms. The zero-order valence-corrected chi connectivity index (χ0v) is 6.40. The lowest BCUT2D eigenvalue weighted by molar-refractivity contribution is -0.112. The van der Waals surface area contributed by atoms with E-state index in [1.54, 1.807) is 0 Å². The van der Waals surface area contributed by atoms with E-state index < -0.39 is 0 Å². The first-order chi connectivity index (χ1) is 3.18. The predicted molar refractivity (Wildman–Crippen MR) is 36.6 cm³/mol. The normalized spacial score (nSPS) is 9.75. The topological polar surface area (TPSA) is 23.5 Å². The molecular formula is C5H14ClNO. The van der Waals surface area contributed by atoms with E-state index in [4.69, 9.17) is 5.21 Å². The Hall–Kier alpha value is 0.210. The van der Waals surface area contributed by atoms with Crippen LogP contribution in [0.3, 0.4) is 0 Å². The van der Waals surface area contributed by atoms with Crippen molar-refractivity contribution in [3.8, 4) is 0 Å². The Bertz CT molecular complexity index is 49.7. The fourth-order valence-corrected chi connectivity index (χ4v) is 0.365. The number of nitrogens with zero attached hydrogens (tertiary/aromatic N) is 1. The molecule has 2 nitrogen and oxygen atoms in total. The Morgan fingerprint density at radius 2 is 1.88 bits per heavy atom. The van der Waals surface area contributed by atoms with Gasteiger partial charge in [0.15, 0.2) is 0 Å². The van der Waals surface area contributed by atoms with Gasteiger partial charge in [0.05, 0.1) is 0 Å². The number of hydroxylamine groups is 2. The van der Waals surface area contributed by atoms with Gasteiger partial charge in [-0.3, -0.25) is 0 Å². The minimum Gasteiger partial charge on any atom is -0.314 e. The van der Waals surface area contributed by atoms with Crippen LogP contribution in [0.5, 0.6) is 0 Å². The molecule has 0 saturated heterocycles. The third kappa shape index (κ3) is 4.37. The van der Waals surface area contributed by atoms with Crippen molar-refractivity contribution >= 4 is 12.4 Å². The molecule has 0 aliphatic heterocycles. The lowest BCUT2D eigenvalue weighted by Crippen LogP contribution is -2.26. The van der Waals surface area contributed by atoms with Crippen molar-refractivity contribution < 1.29 is 5.21 Å². The van der Waals surface area contributed by atoms with Crippen molar-refractivity contribution in [1.29, 1.82) is 0 Å². The Kier molecular flexibility index (Phi) is 7.40. The maximum Gasteiger partial charge on any atom is 0.0293 e. The first kappa shape index (κ1) is 11.1. The van der Waals surface area contributed by atoms with E-state index in [2.05, 4.69) is 0 Å². The highest BCUT2D eigenvalue weighted by molar-refractivity contribution is 5.85. The summed E-state index contributed by atoms with van der Waals surface area (Å²) in [7, 11) is 0. The smallest absolute Gasteiger partial charge is 0.0293 e. The van der Waals surface area contributed by atoms with Crippen LogP contribution in [-0.4, -0.2) is 22.9 Å². The molecule has 0 unspecified atom stereocenters. The zero-order valence-electron chi connectivity index (χ0n) is 5.59. The van der Waals surface area contributed by atoms with E-state index in [9.17, 15) is 0 Å². The molecular weight excluding hydrogens is 126 g/mol. The van der Waals surface area contributed by atoms with Crippen molar-refractivity contribution in [1.82, 2.24) is 5.06 Å². The van der Waals surface area contributed by atoms with Crippen LogP contribution in [0.15, 0.2) is 0 Å². The van der Waals surface area contributed by atoms with Crippen LogP contribution in [0.1, 0.15) is 20.8 Å². The Balaban J connectivity index is 0. The van der Waals surface area contributed by atoms with Crippen LogP contribution in [0.25, 0.3) is 0 Å². The predicted octanol–water partition coefficient (Wildman–Crippen LogP) is 1.53. The van der Waals surface area contributed by atoms with Gasteiger partial charge in [-0.2, -0.15) is 5.06 Å². The van der Waals surface area contributed by atoms with Gasteiger partial charge in [0.1, 0.15) is 0 Å². The van der Waals surface area contributed by atoms with Crippen LogP contribution in [0.2, 0.25) is 0 Å². The first-order valence-corrected chi connectivity index (χ1v) is 2.64. The van der Waals surface area contributed by atoms with E-state index in [-0.39, 0.29) is 18.4 Å². The molecule has 52 valence electrons. The molecule has 0 spiro atoms. The van der Waals surface area contributed by atoms with Crippen molar-refractivity contribution in [3.05, 3.63) is 0 Å². The number of rotatable bonds is 2. The van der Waals surface area contributed by atoms with Gasteiger partial charge in [-0.15, -0.1) is 12.4 Å². The largest absolute Gasteiger partial charge is 0.314 e. The summed E-state index contributed by atoms with van der Waals surface area (Å²) in [5, 5.41) is 10.1. The fraction of sp³-hybridized carbons (Fsp3) is 1.00. The Labute approximate surface area is 56.9 Å². The lowest BCUT2D eigenvalue weighted by Gasteiger charge is -2.14. The van der Waals surface area contributed by atoms with Gasteiger partial charge in [0.25, 0.3) is 0 Å². The Morgan fingerprint density at radius 1 is 1.50 bits per heavy atom. The molecule has 0 aromatic heterocycles. The van der Waals surface area contributed by atoms with Gasteiger partial charge in [-0.25, -0.2) is 0 Å². The van der Waals surface area contributed by atoms with Gasteiger partial charge >= 0.3 is 0 Å². The minimum atomic E-state index is 0. The lowest BCUT2D eigenvalue weighted by atomic mass is 10.4. The van der Waals surface area contributed by atoms with Crippen LogP contribution in [-0.2, 0) is 0 Å². The summed E-state index contributed by atoms with van der Waals surface area (Å²) in [5.41, 5.74) is 0. The van der Waals surface area contributed by atoms with Gasteiger partial charge in [0, 0.05) is 12.6 Å². The first-order valence-electron chi connectivity index (χ1n) is 2.64. The molecule has 0 saturated carbocycles. The van der Waals surface area contributed by atoms with Crippen molar-refractivity contribution in [2.45, 2.75) is 26.8 Å². The number of hydrogen-bond acceptors (Lipinski definition) is 2. The molecule has 0 amide bonds. The van der Waals surface area contributed by atoms with E-state index >= 15 is 0 Å². The van der Waals surface area contributed by atoms with Crippen molar-refractivity contribution in [2.75, 3.05) is 6.54 Å². The average Bonchev–Trinajstić information content (AvgIpc) is 1.65. The maximum atomic E-state index is 8.77. The molecule has 0 atom stereocenters. The summed E-state index contributed by atoms with van der Waals surface area (Å²) in [4.78, 5) is 0. The summed E-state index contributed by atoms with van der Waals surface area (Å²) in [6.45, 7) is 6.52. The average molecular weight is 140 g/mol. The molecule has 0 heterocycles. The second-order valence-corrected chi connectivity index (χ2v) is 1.85. The van der Waals surface area contributed by atoms with E-state index in [0.29, 0.717) is 6.54 Å². The zero-order chi connectivity index (χ0) is 5.86. The molecule has 0 radical (unpaired) electrons. The van der Waals surface area contributed by atoms with Crippen molar-refractivity contribution in [2.24, 2.45) is 0 Å². The second kappa shape index (κ2) is 5.35. The summed E-state index contributed by atoms with van der Waals surface area (Å²) in [5.74, 6) is 0. The maximum absolute atomic E-state index is 8.77. The van der Waals surface area contributed by atoms with Gasteiger partial charge < -0.3 is 5.21 Å². The summed E-state index contributed by atoms with van der Waals surface area (Å²) in [6, 6.07) is 0.255. The molecule has 0 fully saturated rings. The molecule has 3 heteroatoms. The second-order valence-electron chi connectivity index (χ2n) is 1.85.